The number of nitro benzene ring substituents is 1. The lowest BCUT2D eigenvalue weighted by Gasteiger charge is -2.36. The number of aromatic amines is 1. The number of H-pyrrole nitrogens is 1. The molecule has 0 aliphatic carbocycles. The molecule has 1 aliphatic rings. The molecule has 6 aromatic rings. The summed E-state index contributed by atoms with van der Waals surface area (Å²) in [6, 6.07) is 32.2. The van der Waals surface area contributed by atoms with Crippen LogP contribution in [-0.4, -0.2) is 87.4 Å². The van der Waals surface area contributed by atoms with Gasteiger partial charge in [0.2, 0.25) is 0 Å². The number of rotatable bonds is 15. The number of carbonyl (C=O) groups is 1. The average Bonchev–Trinajstić information content (AvgIpc) is 3.68. The third-order valence-corrected chi connectivity index (χ3v) is 11.6. The summed E-state index contributed by atoms with van der Waals surface area (Å²) >= 11 is 6.44. The van der Waals surface area contributed by atoms with Crippen LogP contribution in [0.5, 0.6) is 11.5 Å². The number of nitro groups is 1. The number of carbonyl (C=O) groups excluding carboxylic acids is 1. The van der Waals surface area contributed by atoms with E-state index < -0.39 is 31.4 Å². The smallest absolute Gasteiger partial charge is 0.293 e. The zero-order valence-electron chi connectivity index (χ0n) is 32.2. The first-order valence-corrected chi connectivity index (χ1v) is 20.7. The zero-order chi connectivity index (χ0) is 40.8. The number of fused-ring (bicyclic) bond motifs is 1. The molecule has 0 unspecified atom stereocenters. The Morgan fingerprint density at radius 1 is 0.931 bits per heavy atom. The lowest BCUT2D eigenvalue weighted by atomic mass is 9.99. The van der Waals surface area contributed by atoms with Crippen LogP contribution >= 0.6 is 11.6 Å². The number of amides is 1. The zero-order valence-corrected chi connectivity index (χ0v) is 33.7. The van der Waals surface area contributed by atoms with Crippen LogP contribution in [0, 0.1) is 10.1 Å². The molecule has 2 heterocycles. The Labute approximate surface area is 342 Å². The average molecular weight is 822 g/mol. The van der Waals surface area contributed by atoms with Crippen molar-refractivity contribution < 1.29 is 22.9 Å². The van der Waals surface area contributed by atoms with E-state index in [1.54, 1.807) is 24.3 Å². The van der Waals surface area contributed by atoms with Gasteiger partial charge in [-0.3, -0.25) is 19.8 Å². The minimum absolute atomic E-state index is 0.0272. The standard InChI is InChI=1S/C43H44ClN7O6S/c1-48(2)20-6-18-45-39-16-13-36(28-41(39)51(53)54)58(55,56)47-43(52)38-15-11-34(26-42(38)57-35-12-9-31-17-19-46-40(31)27-35)50-23-21-49(22-24-50)29-32-25-33(44)10-14-37(32)30-7-4-3-5-8-30/h3-5,7-17,19,25-28,45-46H,6,18,20-24,29H2,1-2H3,(H,47,52). The molecule has 15 heteroatoms. The van der Waals surface area contributed by atoms with Gasteiger partial charge >= 0.3 is 0 Å². The van der Waals surface area contributed by atoms with Crippen molar-refractivity contribution in [2.24, 2.45) is 0 Å². The lowest BCUT2D eigenvalue weighted by molar-refractivity contribution is -0.384. The largest absolute Gasteiger partial charge is 0.456 e. The van der Waals surface area contributed by atoms with Crippen LogP contribution in [0.1, 0.15) is 22.3 Å². The van der Waals surface area contributed by atoms with Crippen molar-refractivity contribution in [2.45, 2.75) is 17.9 Å². The van der Waals surface area contributed by atoms with E-state index in [1.165, 1.54) is 18.2 Å². The molecule has 0 saturated carbocycles. The van der Waals surface area contributed by atoms with Gasteiger partial charge in [-0.15, -0.1) is 0 Å². The molecule has 1 saturated heterocycles. The highest BCUT2D eigenvalue weighted by atomic mass is 35.5. The third kappa shape index (κ3) is 9.60. The van der Waals surface area contributed by atoms with Gasteiger partial charge in [-0.2, -0.15) is 0 Å². The third-order valence-electron chi connectivity index (χ3n) is 10.0. The maximum Gasteiger partial charge on any atom is 0.293 e. The van der Waals surface area contributed by atoms with E-state index in [9.17, 15) is 23.3 Å². The van der Waals surface area contributed by atoms with Crippen molar-refractivity contribution in [3.05, 3.63) is 142 Å². The Kier molecular flexibility index (Phi) is 12.3. The molecule has 0 bridgehead atoms. The molecule has 5 aromatic carbocycles. The van der Waals surface area contributed by atoms with Gasteiger partial charge in [-0.25, -0.2) is 13.1 Å². The van der Waals surface area contributed by atoms with Crippen molar-refractivity contribution in [1.82, 2.24) is 19.5 Å². The highest BCUT2D eigenvalue weighted by Gasteiger charge is 2.27. The van der Waals surface area contributed by atoms with E-state index in [1.807, 2.05) is 67.7 Å². The van der Waals surface area contributed by atoms with Gasteiger partial charge in [0.05, 0.1) is 15.4 Å². The number of anilines is 2. The van der Waals surface area contributed by atoms with Crippen molar-refractivity contribution in [1.29, 1.82) is 0 Å². The summed E-state index contributed by atoms with van der Waals surface area (Å²) in [5, 5.41) is 16.6. The van der Waals surface area contributed by atoms with Gasteiger partial charge in [-0.1, -0.05) is 48.0 Å². The minimum atomic E-state index is -4.54. The van der Waals surface area contributed by atoms with E-state index in [2.05, 4.69) is 43.0 Å². The second-order valence-corrected chi connectivity index (χ2v) is 16.5. The van der Waals surface area contributed by atoms with E-state index in [-0.39, 0.29) is 17.0 Å². The maximum atomic E-state index is 13.8. The van der Waals surface area contributed by atoms with Gasteiger partial charge in [0.15, 0.2) is 0 Å². The molecule has 0 atom stereocenters. The topological polar surface area (TPSA) is 153 Å². The normalized spacial score (nSPS) is 13.5. The SMILES string of the molecule is CN(C)CCCNc1ccc(S(=O)(=O)NC(=O)c2ccc(N3CCN(Cc4cc(Cl)ccc4-c4ccccc4)CC3)cc2Oc2ccc3cc[nH]c3c2)cc1[N+](=O)[O-]. The maximum absolute atomic E-state index is 13.8. The molecule has 13 nitrogen and oxygen atoms in total. The van der Waals surface area contributed by atoms with Crippen molar-refractivity contribution in [3.63, 3.8) is 0 Å². The minimum Gasteiger partial charge on any atom is -0.456 e. The number of hydrogen-bond acceptors (Lipinski definition) is 10. The van der Waals surface area contributed by atoms with E-state index in [0.29, 0.717) is 30.4 Å². The van der Waals surface area contributed by atoms with E-state index >= 15 is 0 Å². The van der Waals surface area contributed by atoms with Crippen LogP contribution in [0.15, 0.2) is 120 Å². The van der Waals surface area contributed by atoms with Gasteiger partial charge in [0.25, 0.3) is 21.6 Å². The molecule has 300 valence electrons. The summed E-state index contributed by atoms with van der Waals surface area (Å²) in [6.45, 7) is 4.84. The summed E-state index contributed by atoms with van der Waals surface area (Å²) in [4.78, 5) is 34.4. The van der Waals surface area contributed by atoms with Crippen LogP contribution in [0.4, 0.5) is 17.1 Å². The fourth-order valence-corrected chi connectivity index (χ4v) is 8.21. The molecule has 1 fully saturated rings. The fourth-order valence-electron chi connectivity index (χ4n) is 7.03. The second-order valence-electron chi connectivity index (χ2n) is 14.4. The molecule has 7 rings (SSSR count). The molecule has 1 amide bonds. The predicted molar refractivity (Wildman–Crippen MR) is 229 cm³/mol. The number of benzene rings is 5. The Morgan fingerprint density at radius 2 is 1.72 bits per heavy atom. The molecule has 0 spiro atoms. The highest BCUT2D eigenvalue weighted by Crippen LogP contribution is 2.34. The summed E-state index contributed by atoms with van der Waals surface area (Å²) < 4.78 is 35.6. The summed E-state index contributed by atoms with van der Waals surface area (Å²) in [7, 11) is -0.685. The number of halogens is 1. The number of ether oxygens (including phenoxy) is 1. The van der Waals surface area contributed by atoms with Gasteiger partial charge in [0.1, 0.15) is 17.2 Å². The quantitative estimate of drug-likeness (QED) is 0.0528. The molecule has 3 N–H and O–H groups in total. The number of sulfonamides is 1. The number of nitrogens with zero attached hydrogens (tertiary/aromatic N) is 4. The van der Waals surface area contributed by atoms with Crippen molar-refractivity contribution in [3.8, 4) is 22.6 Å². The van der Waals surface area contributed by atoms with E-state index in [4.69, 9.17) is 16.3 Å². The molecular weight excluding hydrogens is 778 g/mol. The van der Waals surface area contributed by atoms with Crippen LogP contribution in [0.25, 0.3) is 22.0 Å². The van der Waals surface area contributed by atoms with Gasteiger partial charge in [0, 0.05) is 79.9 Å². The highest BCUT2D eigenvalue weighted by molar-refractivity contribution is 7.90. The number of nitrogens with one attached hydrogen (secondary N) is 3. The summed E-state index contributed by atoms with van der Waals surface area (Å²) in [5.74, 6) is -0.362. The van der Waals surface area contributed by atoms with Crippen LogP contribution in [0.2, 0.25) is 5.02 Å². The first-order valence-electron chi connectivity index (χ1n) is 18.9. The Hall–Kier alpha value is -5.93. The van der Waals surface area contributed by atoms with Crippen LogP contribution in [-0.2, 0) is 16.6 Å². The Bertz CT molecular complexity index is 2540. The number of piperazine rings is 1. The molecule has 58 heavy (non-hydrogen) atoms. The first kappa shape index (κ1) is 40.3. The monoisotopic (exact) mass is 821 g/mol. The summed E-state index contributed by atoms with van der Waals surface area (Å²) in [6.07, 6.45) is 2.53. The first-order chi connectivity index (χ1) is 27.9. The Balaban J connectivity index is 1.10. The predicted octanol–water partition coefficient (Wildman–Crippen LogP) is 7.99. The van der Waals surface area contributed by atoms with Crippen LogP contribution in [0.3, 0.4) is 0 Å². The number of aromatic nitrogens is 1. The molecule has 1 aliphatic heterocycles. The molecule has 1 aromatic heterocycles. The summed E-state index contributed by atoms with van der Waals surface area (Å²) in [5.41, 5.74) is 4.77. The van der Waals surface area contributed by atoms with E-state index in [0.717, 1.165) is 71.9 Å². The molecule has 0 radical (unpaired) electrons. The van der Waals surface area contributed by atoms with Gasteiger partial charge < -0.3 is 24.8 Å². The Morgan fingerprint density at radius 3 is 2.48 bits per heavy atom. The number of hydrogen-bond donors (Lipinski definition) is 3. The van der Waals surface area contributed by atoms with Crippen LogP contribution < -0.4 is 19.7 Å². The van der Waals surface area contributed by atoms with Gasteiger partial charge in [-0.05, 0) is 104 Å². The fraction of sp³-hybridized carbons (Fsp3) is 0.233. The molecular formula is C43H44ClN7O6S. The second kappa shape index (κ2) is 17.7. The lowest BCUT2D eigenvalue weighted by Crippen LogP contribution is -2.46. The van der Waals surface area contributed by atoms with Crippen molar-refractivity contribution >= 4 is 55.5 Å². The van der Waals surface area contributed by atoms with Crippen molar-refractivity contribution in [2.75, 3.05) is 63.6 Å².